The molecule has 70 valence electrons. The second-order valence-electron chi connectivity index (χ2n) is 2.64. The van der Waals surface area contributed by atoms with Crippen molar-refractivity contribution in [2.75, 3.05) is 7.11 Å². The highest BCUT2D eigenvalue weighted by Gasteiger charge is 2.15. The van der Waals surface area contributed by atoms with Gasteiger partial charge in [0.2, 0.25) is 5.88 Å². The molecule has 0 fully saturated rings. The summed E-state index contributed by atoms with van der Waals surface area (Å²) in [6.07, 6.45) is 2.35. The van der Waals surface area contributed by atoms with E-state index in [-0.39, 0.29) is 5.92 Å². The Morgan fingerprint density at radius 1 is 1.69 bits per heavy atom. The predicted molar refractivity (Wildman–Crippen MR) is 50.3 cm³/mol. The Labute approximate surface area is 81.7 Å². The summed E-state index contributed by atoms with van der Waals surface area (Å²) in [7, 11) is 1.50. The molecule has 0 saturated heterocycles. The zero-order chi connectivity index (χ0) is 9.84. The number of carbonyl (C=O) groups excluding carboxylic acids is 1. The molecule has 0 radical (unpaired) electrons. The number of pyridine rings is 1. The minimum atomic E-state index is -0.295. The Bertz CT molecular complexity index is 314. The lowest BCUT2D eigenvalue weighted by atomic mass is 10.0. The third-order valence-corrected chi connectivity index (χ3v) is 2.08. The Morgan fingerprint density at radius 2 is 2.38 bits per heavy atom. The van der Waals surface area contributed by atoms with Crippen LogP contribution in [0.1, 0.15) is 18.4 Å². The maximum absolute atomic E-state index is 10.6. The average molecular weight is 200 g/mol. The van der Waals surface area contributed by atoms with Crippen molar-refractivity contribution in [2.45, 2.75) is 12.8 Å². The van der Waals surface area contributed by atoms with Gasteiger partial charge < -0.3 is 9.53 Å². The number of ether oxygens (including phenoxy) is 1. The number of methoxy groups -OCH3 is 1. The van der Waals surface area contributed by atoms with Gasteiger partial charge in [0.25, 0.3) is 0 Å². The molecule has 1 aromatic rings. The Morgan fingerprint density at radius 3 is 2.92 bits per heavy atom. The number of hydrogen-bond acceptors (Lipinski definition) is 3. The summed E-state index contributed by atoms with van der Waals surface area (Å²) in [4.78, 5) is 14.5. The van der Waals surface area contributed by atoms with Crippen molar-refractivity contribution in [1.29, 1.82) is 0 Å². The highest BCUT2D eigenvalue weighted by Crippen LogP contribution is 2.29. The van der Waals surface area contributed by atoms with Crippen LogP contribution in [0.4, 0.5) is 0 Å². The lowest BCUT2D eigenvalue weighted by molar-refractivity contribution is -0.108. The number of halogens is 1. The van der Waals surface area contributed by atoms with Gasteiger partial charge in [-0.1, -0.05) is 18.5 Å². The quantitative estimate of drug-likeness (QED) is 0.700. The molecular formula is C9H10ClNO2. The van der Waals surface area contributed by atoms with Gasteiger partial charge in [-0.2, -0.15) is 0 Å². The molecule has 0 saturated carbocycles. The van der Waals surface area contributed by atoms with E-state index in [1.165, 1.54) is 7.11 Å². The van der Waals surface area contributed by atoms with Crippen LogP contribution < -0.4 is 4.74 Å². The molecule has 0 aromatic carbocycles. The van der Waals surface area contributed by atoms with Crippen LogP contribution in [0.2, 0.25) is 5.02 Å². The monoisotopic (exact) mass is 199 g/mol. The molecule has 0 bridgehead atoms. The zero-order valence-electron chi connectivity index (χ0n) is 7.45. The normalized spacial score (nSPS) is 12.2. The summed E-state index contributed by atoms with van der Waals surface area (Å²) in [6.45, 7) is 1.75. The number of carbonyl (C=O) groups is 1. The first kappa shape index (κ1) is 9.99. The van der Waals surface area contributed by atoms with Gasteiger partial charge in [-0.25, -0.2) is 4.98 Å². The molecule has 1 unspecified atom stereocenters. The van der Waals surface area contributed by atoms with E-state index < -0.39 is 0 Å². The second kappa shape index (κ2) is 4.23. The summed E-state index contributed by atoms with van der Waals surface area (Å²) in [5, 5.41) is 0.506. The van der Waals surface area contributed by atoms with Crippen LogP contribution in [0.25, 0.3) is 0 Å². The maximum Gasteiger partial charge on any atom is 0.218 e. The number of rotatable bonds is 3. The fraction of sp³-hybridized carbons (Fsp3) is 0.333. The van der Waals surface area contributed by atoms with Gasteiger partial charge >= 0.3 is 0 Å². The lowest BCUT2D eigenvalue weighted by Gasteiger charge is -2.10. The number of aromatic nitrogens is 1. The number of nitrogens with zero attached hydrogens (tertiary/aromatic N) is 1. The summed E-state index contributed by atoms with van der Waals surface area (Å²) < 4.78 is 4.99. The van der Waals surface area contributed by atoms with E-state index in [9.17, 15) is 4.79 Å². The van der Waals surface area contributed by atoms with Crippen molar-refractivity contribution in [3.63, 3.8) is 0 Å². The molecular weight excluding hydrogens is 190 g/mol. The Kier molecular flexibility index (Phi) is 3.25. The molecule has 0 N–H and O–H groups in total. The maximum atomic E-state index is 10.6. The molecule has 1 aromatic heterocycles. The van der Waals surface area contributed by atoms with Crippen molar-refractivity contribution < 1.29 is 9.53 Å². The van der Waals surface area contributed by atoms with E-state index in [0.717, 1.165) is 6.29 Å². The van der Waals surface area contributed by atoms with Gasteiger partial charge in [0.05, 0.1) is 12.1 Å². The van der Waals surface area contributed by atoms with Crippen LogP contribution in [0.5, 0.6) is 5.88 Å². The third kappa shape index (κ3) is 1.98. The highest BCUT2D eigenvalue weighted by molar-refractivity contribution is 6.31. The summed E-state index contributed by atoms with van der Waals surface area (Å²) in [6, 6.07) is 1.64. The second-order valence-corrected chi connectivity index (χ2v) is 3.05. The van der Waals surface area contributed by atoms with E-state index in [4.69, 9.17) is 16.3 Å². The largest absolute Gasteiger partial charge is 0.481 e. The molecule has 0 aliphatic rings. The summed E-state index contributed by atoms with van der Waals surface area (Å²) in [5.74, 6) is 0.114. The molecule has 1 rings (SSSR count). The summed E-state index contributed by atoms with van der Waals surface area (Å²) in [5.41, 5.74) is 0.640. The smallest absolute Gasteiger partial charge is 0.218 e. The molecule has 1 heterocycles. The molecule has 0 spiro atoms. The van der Waals surface area contributed by atoms with Crippen molar-refractivity contribution in [3.8, 4) is 5.88 Å². The van der Waals surface area contributed by atoms with Crippen molar-refractivity contribution in [2.24, 2.45) is 0 Å². The summed E-state index contributed by atoms with van der Waals surface area (Å²) >= 11 is 5.90. The molecule has 1 atom stereocenters. The fourth-order valence-corrected chi connectivity index (χ4v) is 1.38. The van der Waals surface area contributed by atoms with Gasteiger partial charge in [-0.15, -0.1) is 0 Å². The van der Waals surface area contributed by atoms with Crippen LogP contribution in [0.15, 0.2) is 12.3 Å². The fourth-order valence-electron chi connectivity index (χ4n) is 1.07. The highest BCUT2D eigenvalue weighted by atomic mass is 35.5. The van der Waals surface area contributed by atoms with E-state index in [2.05, 4.69) is 4.98 Å². The minimum absolute atomic E-state index is 0.295. The first-order valence-corrected chi connectivity index (χ1v) is 4.22. The third-order valence-electron chi connectivity index (χ3n) is 1.75. The first-order chi connectivity index (χ1) is 6.20. The van der Waals surface area contributed by atoms with Crippen LogP contribution in [-0.4, -0.2) is 18.4 Å². The Hall–Kier alpha value is -1.09. The molecule has 3 nitrogen and oxygen atoms in total. The van der Waals surface area contributed by atoms with Crippen LogP contribution in [0.3, 0.4) is 0 Å². The van der Waals surface area contributed by atoms with Gasteiger partial charge in [0.1, 0.15) is 6.29 Å². The van der Waals surface area contributed by atoms with E-state index in [1.54, 1.807) is 19.2 Å². The van der Waals surface area contributed by atoms with Gasteiger partial charge in [0.15, 0.2) is 0 Å². The number of aldehydes is 1. The molecule has 4 heteroatoms. The van der Waals surface area contributed by atoms with Crippen LogP contribution in [0, 0.1) is 0 Å². The van der Waals surface area contributed by atoms with Crippen molar-refractivity contribution >= 4 is 17.9 Å². The van der Waals surface area contributed by atoms with Crippen molar-refractivity contribution in [3.05, 3.63) is 22.8 Å². The molecule has 0 aliphatic carbocycles. The standard InChI is InChI=1S/C9H10ClNO2/c1-6(5-12)8-7(10)3-4-11-9(8)13-2/h3-6H,1-2H3. The average Bonchev–Trinajstić information content (AvgIpc) is 2.16. The van der Waals surface area contributed by atoms with E-state index in [1.807, 2.05) is 0 Å². The predicted octanol–water partition coefficient (Wildman–Crippen LogP) is 2.05. The Balaban J connectivity index is 3.22. The number of hydrogen-bond donors (Lipinski definition) is 0. The SMILES string of the molecule is COc1nccc(Cl)c1C(C)C=O. The van der Waals surface area contributed by atoms with Crippen LogP contribution >= 0.6 is 11.6 Å². The minimum Gasteiger partial charge on any atom is -0.481 e. The van der Waals surface area contributed by atoms with Gasteiger partial charge in [0, 0.05) is 17.7 Å². The van der Waals surface area contributed by atoms with E-state index >= 15 is 0 Å². The zero-order valence-corrected chi connectivity index (χ0v) is 8.21. The van der Waals surface area contributed by atoms with E-state index in [0.29, 0.717) is 16.5 Å². The lowest BCUT2D eigenvalue weighted by Crippen LogP contribution is -2.01. The van der Waals surface area contributed by atoms with Crippen molar-refractivity contribution in [1.82, 2.24) is 4.98 Å². The topological polar surface area (TPSA) is 39.2 Å². The molecule has 0 aliphatic heterocycles. The molecule has 13 heavy (non-hydrogen) atoms. The molecule has 0 amide bonds. The van der Waals surface area contributed by atoms with Gasteiger partial charge in [-0.05, 0) is 6.07 Å². The van der Waals surface area contributed by atoms with Crippen LogP contribution in [-0.2, 0) is 4.79 Å². The van der Waals surface area contributed by atoms with Gasteiger partial charge in [-0.3, -0.25) is 0 Å². The first-order valence-electron chi connectivity index (χ1n) is 3.84.